The summed E-state index contributed by atoms with van der Waals surface area (Å²) in [7, 11) is 0. The van der Waals surface area contributed by atoms with Gasteiger partial charge in [-0.15, -0.1) is 10.2 Å². The lowest BCUT2D eigenvalue weighted by molar-refractivity contribution is 0.147. The first kappa shape index (κ1) is 16.9. The van der Waals surface area contributed by atoms with Crippen LogP contribution in [0.1, 0.15) is 30.3 Å². The highest BCUT2D eigenvalue weighted by Gasteiger charge is 2.26. The molecule has 1 aliphatic heterocycles. The van der Waals surface area contributed by atoms with Gasteiger partial charge in [0, 0.05) is 36.6 Å². The summed E-state index contributed by atoms with van der Waals surface area (Å²) in [6.45, 7) is 6.60. The van der Waals surface area contributed by atoms with Crippen LogP contribution in [-0.4, -0.2) is 31.4 Å². The van der Waals surface area contributed by atoms with Gasteiger partial charge in [-0.1, -0.05) is 35.5 Å². The fraction of sp³-hybridized carbons (Fsp3) is 0.286. The van der Waals surface area contributed by atoms with Crippen LogP contribution in [0.4, 0.5) is 0 Å². The Morgan fingerprint density at radius 2 is 1.93 bits per heavy atom. The third-order valence-corrected chi connectivity index (χ3v) is 5.40. The van der Waals surface area contributed by atoms with Crippen LogP contribution in [-0.2, 0) is 13.1 Å². The first-order valence-corrected chi connectivity index (χ1v) is 9.44. The number of hydrogen-bond donors (Lipinski definition) is 0. The van der Waals surface area contributed by atoms with E-state index in [9.17, 15) is 0 Å². The quantitative estimate of drug-likeness (QED) is 0.535. The summed E-state index contributed by atoms with van der Waals surface area (Å²) in [4.78, 5) is 2.35. The Morgan fingerprint density at radius 1 is 1.07 bits per heavy atom. The summed E-state index contributed by atoms with van der Waals surface area (Å²) in [5.41, 5.74) is 3.75. The molecule has 142 valence electrons. The van der Waals surface area contributed by atoms with Crippen molar-refractivity contribution in [3.8, 4) is 22.7 Å². The molecule has 0 spiro atoms. The van der Waals surface area contributed by atoms with Crippen molar-refractivity contribution in [1.82, 2.24) is 24.8 Å². The molecule has 7 nitrogen and oxygen atoms in total. The maximum atomic E-state index is 6.02. The van der Waals surface area contributed by atoms with Crippen LogP contribution in [0.2, 0.25) is 0 Å². The molecule has 28 heavy (non-hydrogen) atoms. The van der Waals surface area contributed by atoms with Gasteiger partial charge >= 0.3 is 0 Å². The molecular formula is C21H21N5O2. The number of hydrogen-bond acceptors (Lipinski definition) is 6. The van der Waals surface area contributed by atoms with Crippen LogP contribution >= 0.6 is 0 Å². The zero-order chi connectivity index (χ0) is 19.1. The van der Waals surface area contributed by atoms with Crippen LogP contribution in [0.5, 0.6) is 0 Å². The molecule has 3 aromatic heterocycles. The Labute approximate surface area is 162 Å². The molecule has 1 atom stereocenters. The van der Waals surface area contributed by atoms with Gasteiger partial charge in [-0.2, -0.15) is 0 Å². The maximum absolute atomic E-state index is 6.02. The summed E-state index contributed by atoms with van der Waals surface area (Å²) in [5, 5.41) is 12.8. The van der Waals surface area contributed by atoms with Gasteiger partial charge in [0.2, 0.25) is 5.89 Å². The highest BCUT2D eigenvalue weighted by Crippen LogP contribution is 2.34. The number of benzene rings is 1. The van der Waals surface area contributed by atoms with E-state index in [0.29, 0.717) is 30.1 Å². The smallest absolute Gasteiger partial charge is 0.253 e. The van der Waals surface area contributed by atoms with Gasteiger partial charge in [-0.25, -0.2) is 0 Å². The molecule has 1 aromatic carbocycles. The summed E-state index contributed by atoms with van der Waals surface area (Å²) >= 11 is 0. The minimum absolute atomic E-state index is 0.302. The maximum Gasteiger partial charge on any atom is 0.253 e. The molecule has 4 heterocycles. The average molecular weight is 375 g/mol. The van der Waals surface area contributed by atoms with Gasteiger partial charge in [0.15, 0.2) is 0 Å². The van der Waals surface area contributed by atoms with Crippen molar-refractivity contribution < 1.29 is 8.94 Å². The molecule has 7 heteroatoms. The van der Waals surface area contributed by atoms with Crippen LogP contribution in [0.3, 0.4) is 0 Å². The minimum atomic E-state index is 0.302. The van der Waals surface area contributed by atoms with Gasteiger partial charge < -0.3 is 13.5 Å². The monoisotopic (exact) mass is 375 g/mol. The molecule has 0 amide bonds. The summed E-state index contributed by atoms with van der Waals surface area (Å²) in [6, 6.07) is 14.5. The zero-order valence-electron chi connectivity index (χ0n) is 15.9. The van der Waals surface area contributed by atoms with Crippen molar-refractivity contribution in [2.24, 2.45) is 0 Å². The molecule has 1 aliphatic rings. The average Bonchev–Trinajstić information content (AvgIpc) is 3.44. The van der Waals surface area contributed by atoms with Gasteiger partial charge in [-0.05, 0) is 26.0 Å². The summed E-state index contributed by atoms with van der Waals surface area (Å²) in [5.74, 6) is 1.71. The molecule has 0 N–H and O–H groups in total. The standard InChI is InChI=1S/C21H21N5O2/c1-14-17-9-6-10-25(17)11-12-26(14)13-18-22-23-21(27-18)19-15(2)28-24-20(19)16-7-4-3-5-8-16/h3-10,14H,11-13H2,1-2H3/t14-/m1/s1. The van der Waals surface area contributed by atoms with Crippen molar-refractivity contribution in [2.45, 2.75) is 33.0 Å². The number of aryl methyl sites for hydroxylation is 1. The Kier molecular flexibility index (Phi) is 4.09. The van der Waals surface area contributed by atoms with Crippen LogP contribution < -0.4 is 0 Å². The predicted molar refractivity (Wildman–Crippen MR) is 103 cm³/mol. The third kappa shape index (κ3) is 2.84. The second-order valence-corrected chi connectivity index (χ2v) is 7.10. The van der Waals surface area contributed by atoms with Crippen LogP contribution in [0, 0.1) is 6.92 Å². The van der Waals surface area contributed by atoms with Crippen LogP contribution in [0.25, 0.3) is 22.7 Å². The second kappa shape index (κ2) is 6.76. The van der Waals surface area contributed by atoms with E-state index in [1.165, 1.54) is 5.69 Å². The number of rotatable bonds is 4. The molecule has 0 unspecified atom stereocenters. The van der Waals surface area contributed by atoms with Crippen LogP contribution in [0.15, 0.2) is 57.6 Å². The van der Waals surface area contributed by atoms with Crippen molar-refractivity contribution in [3.05, 3.63) is 66.0 Å². The molecule has 4 aromatic rings. The highest BCUT2D eigenvalue weighted by atomic mass is 16.5. The van der Waals surface area contributed by atoms with E-state index in [1.807, 2.05) is 37.3 Å². The number of fused-ring (bicyclic) bond motifs is 1. The highest BCUT2D eigenvalue weighted by molar-refractivity contribution is 5.77. The van der Waals surface area contributed by atoms with Gasteiger partial charge in [0.05, 0.1) is 6.54 Å². The first-order valence-electron chi connectivity index (χ1n) is 9.44. The van der Waals surface area contributed by atoms with E-state index in [0.717, 1.165) is 29.9 Å². The fourth-order valence-electron chi connectivity index (χ4n) is 3.85. The second-order valence-electron chi connectivity index (χ2n) is 7.10. The first-order chi connectivity index (χ1) is 13.7. The van der Waals surface area contributed by atoms with Crippen molar-refractivity contribution in [1.29, 1.82) is 0 Å². The van der Waals surface area contributed by atoms with Crippen molar-refractivity contribution >= 4 is 0 Å². The lowest BCUT2D eigenvalue weighted by Gasteiger charge is -2.33. The third-order valence-electron chi connectivity index (χ3n) is 5.40. The van der Waals surface area contributed by atoms with E-state index in [1.54, 1.807) is 0 Å². The lowest BCUT2D eigenvalue weighted by Crippen LogP contribution is -2.35. The molecule has 0 saturated carbocycles. The molecule has 0 radical (unpaired) electrons. The molecule has 0 aliphatic carbocycles. The lowest BCUT2D eigenvalue weighted by atomic mass is 10.1. The van der Waals surface area contributed by atoms with E-state index in [2.05, 4.69) is 50.1 Å². The summed E-state index contributed by atoms with van der Waals surface area (Å²) in [6.07, 6.45) is 2.13. The van der Waals surface area contributed by atoms with E-state index in [4.69, 9.17) is 8.94 Å². The molecule has 0 bridgehead atoms. The Morgan fingerprint density at radius 3 is 2.79 bits per heavy atom. The Bertz CT molecular complexity index is 1100. The molecule has 0 saturated heterocycles. The topological polar surface area (TPSA) is 73.1 Å². The number of aromatic nitrogens is 4. The SMILES string of the molecule is Cc1onc(-c2ccccc2)c1-c1nnc(CN2CCn3cccc3[C@H]2C)o1. The summed E-state index contributed by atoms with van der Waals surface area (Å²) < 4.78 is 13.7. The van der Waals surface area contributed by atoms with E-state index >= 15 is 0 Å². The molecular weight excluding hydrogens is 354 g/mol. The Balaban J connectivity index is 1.42. The Hall–Kier alpha value is -3.19. The van der Waals surface area contributed by atoms with E-state index < -0.39 is 0 Å². The van der Waals surface area contributed by atoms with Gasteiger partial charge in [0.1, 0.15) is 17.0 Å². The minimum Gasteiger partial charge on any atom is -0.419 e. The molecule has 5 rings (SSSR count). The predicted octanol–water partition coefficient (Wildman–Crippen LogP) is 4.08. The van der Waals surface area contributed by atoms with Gasteiger partial charge in [-0.3, -0.25) is 4.90 Å². The fourth-order valence-corrected chi connectivity index (χ4v) is 3.85. The van der Waals surface area contributed by atoms with Crippen molar-refractivity contribution in [2.75, 3.05) is 6.54 Å². The molecule has 0 fully saturated rings. The largest absolute Gasteiger partial charge is 0.419 e. The van der Waals surface area contributed by atoms with Crippen molar-refractivity contribution in [3.63, 3.8) is 0 Å². The zero-order valence-corrected chi connectivity index (χ0v) is 15.9. The number of nitrogens with zero attached hydrogens (tertiary/aromatic N) is 5. The normalized spacial score (nSPS) is 17.0. The van der Waals surface area contributed by atoms with E-state index in [-0.39, 0.29) is 0 Å². The van der Waals surface area contributed by atoms with Gasteiger partial charge in [0.25, 0.3) is 5.89 Å².